The fraction of sp³-hybridized carbons (Fsp3) is 0.417. The van der Waals surface area contributed by atoms with Gasteiger partial charge in [0.2, 0.25) is 10.0 Å². The highest BCUT2D eigenvalue weighted by Gasteiger charge is 2.28. The van der Waals surface area contributed by atoms with E-state index in [4.69, 9.17) is 9.47 Å². The summed E-state index contributed by atoms with van der Waals surface area (Å²) < 4.78 is 38.5. The number of carbonyl (C=O) groups is 2. The van der Waals surface area contributed by atoms with Crippen LogP contribution in [0.3, 0.4) is 0 Å². The minimum Gasteiger partial charge on any atom is -0.484 e. The highest BCUT2D eigenvalue weighted by molar-refractivity contribution is 7.89. The zero-order chi connectivity index (χ0) is 24.1. The molecular weight excluding hydrogens is 458 g/mol. The normalized spacial score (nSPS) is 16.9. The van der Waals surface area contributed by atoms with Crippen LogP contribution < -0.4 is 15.0 Å². The van der Waals surface area contributed by atoms with Crippen LogP contribution in [0.4, 0.5) is 11.4 Å². The Hall–Kier alpha value is -2.95. The molecule has 9 nitrogen and oxygen atoms in total. The summed E-state index contributed by atoms with van der Waals surface area (Å²) in [5.74, 6) is 0.00576. The Morgan fingerprint density at radius 3 is 2.32 bits per heavy atom. The molecule has 0 aliphatic carbocycles. The maximum Gasteiger partial charge on any atom is 0.262 e. The second-order valence-electron chi connectivity index (χ2n) is 8.31. The lowest BCUT2D eigenvalue weighted by molar-refractivity contribution is -0.118. The number of Topliss-reactive ketones (excluding diaryl/α,β-unsaturated/α-hetero) is 1. The van der Waals surface area contributed by atoms with Crippen LogP contribution in [0.5, 0.6) is 5.75 Å². The molecule has 1 amide bonds. The summed E-state index contributed by atoms with van der Waals surface area (Å²) in [7, 11) is -3.70. The minimum absolute atomic E-state index is 0.0503. The molecule has 0 spiro atoms. The topological polar surface area (TPSA) is 105 Å². The van der Waals surface area contributed by atoms with Gasteiger partial charge >= 0.3 is 0 Å². The molecule has 182 valence electrons. The Bertz CT molecular complexity index is 1140. The molecule has 0 radical (unpaired) electrons. The molecule has 4 rings (SSSR count). The molecular formula is C24H29N3O6S. The van der Waals surface area contributed by atoms with E-state index in [1.165, 1.54) is 17.3 Å². The molecule has 0 bridgehead atoms. The lowest BCUT2D eigenvalue weighted by Crippen LogP contribution is -2.40. The van der Waals surface area contributed by atoms with Gasteiger partial charge in [-0.15, -0.1) is 0 Å². The number of sulfonamides is 1. The van der Waals surface area contributed by atoms with Gasteiger partial charge in [0.05, 0.1) is 29.5 Å². The average Bonchev–Trinajstić information content (AvgIpc) is 3.38. The van der Waals surface area contributed by atoms with Crippen molar-refractivity contribution < 1.29 is 27.5 Å². The molecule has 2 aromatic rings. The lowest BCUT2D eigenvalue weighted by Gasteiger charge is -2.27. The zero-order valence-corrected chi connectivity index (χ0v) is 20.0. The van der Waals surface area contributed by atoms with E-state index in [1.807, 2.05) is 0 Å². The molecule has 34 heavy (non-hydrogen) atoms. The Balaban J connectivity index is 1.51. The molecule has 2 aliphatic heterocycles. The first-order valence-corrected chi connectivity index (χ1v) is 12.8. The van der Waals surface area contributed by atoms with Gasteiger partial charge in [0.15, 0.2) is 12.4 Å². The third-order valence-corrected chi connectivity index (χ3v) is 7.82. The smallest absolute Gasteiger partial charge is 0.262 e. The fourth-order valence-electron chi connectivity index (χ4n) is 4.07. The summed E-state index contributed by atoms with van der Waals surface area (Å²) in [5, 5.41) is 2.84. The molecule has 0 unspecified atom stereocenters. The standard InChI is InChI=1S/C24H29N3O6S/c1-18(28)19-4-6-20(7-5-19)33-17-24(29)25-22-16-21(8-9-23(22)26-10-2-3-11-26)34(30,31)27-12-14-32-15-13-27/h4-9,16H,2-3,10-15,17H2,1H3,(H,25,29). The summed E-state index contributed by atoms with van der Waals surface area (Å²) in [5.41, 5.74) is 1.79. The van der Waals surface area contributed by atoms with Crippen LogP contribution in [0.2, 0.25) is 0 Å². The van der Waals surface area contributed by atoms with Gasteiger partial charge in [0.1, 0.15) is 5.75 Å². The summed E-state index contributed by atoms with van der Waals surface area (Å²) >= 11 is 0. The number of amides is 1. The first-order chi connectivity index (χ1) is 16.3. The average molecular weight is 488 g/mol. The van der Waals surface area contributed by atoms with Crippen molar-refractivity contribution in [3.05, 3.63) is 48.0 Å². The van der Waals surface area contributed by atoms with Crippen molar-refractivity contribution in [2.45, 2.75) is 24.7 Å². The second kappa shape index (κ2) is 10.5. The van der Waals surface area contributed by atoms with E-state index in [0.29, 0.717) is 43.3 Å². The van der Waals surface area contributed by atoms with Crippen LogP contribution in [0.25, 0.3) is 0 Å². The van der Waals surface area contributed by atoms with E-state index in [-0.39, 0.29) is 17.3 Å². The van der Waals surface area contributed by atoms with Gasteiger partial charge in [-0.3, -0.25) is 9.59 Å². The molecule has 2 aliphatic rings. The molecule has 10 heteroatoms. The third kappa shape index (κ3) is 5.57. The van der Waals surface area contributed by atoms with Gasteiger partial charge in [-0.25, -0.2) is 8.42 Å². The third-order valence-electron chi connectivity index (χ3n) is 5.93. The molecule has 0 aromatic heterocycles. The predicted molar refractivity (Wildman–Crippen MR) is 128 cm³/mol. The number of rotatable bonds is 8. The lowest BCUT2D eigenvalue weighted by atomic mass is 10.1. The van der Waals surface area contributed by atoms with Gasteiger partial charge in [0.25, 0.3) is 5.91 Å². The number of hydrogen-bond acceptors (Lipinski definition) is 7. The number of nitrogens with zero attached hydrogens (tertiary/aromatic N) is 2. The van der Waals surface area contributed by atoms with Crippen molar-refractivity contribution >= 4 is 33.1 Å². The number of hydrogen-bond donors (Lipinski definition) is 1. The van der Waals surface area contributed by atoms with Crippen molar-refractivity contribution in [2.75, 3.05) is 56.2 Å². The van der Waals surface area contributed by atoms with Crippen molar-refractivity contribution in [1.82, 2.24) is 4.31 Å². The minimum atomic E-state index is -3.70. The quantitative estimate of drug-likeness (QED) is 0.571. The highest BCUT2D eigenvalue weighted by atomic mass is 32.2. The van der Waals surface area contributed by atoms with Crippen molar-refractivity contribution in [1.29, 1.82) is 0 Å². The first-order valence-electron chi connectivity index (χ1n) is 11.3. The summed E-state index contributed by atoms with van der Waals surface area (Å²) in [4.78, 5) is 26.4. The van der Waals surface area contributed by atoms with E-state index in [1.54, 1.807) is 36.4 Å². The van der Waals surface area contributed by atoms with Crippen molar-refractivity contribution in [3.63, 3.8) is 0 Å². The molecule has 1 N–H and O–H groups in total. The second-order valence-corrected chi connectivity index (χ2v) is 10.2. The van der Waals surface area contributed by atoms with Crippen LogP contribution in [0.15, 0.2) is 47.4 Å². The highest BCUT2D eigenvalue weighted by Crippen LogP contribution is 2.32. The van der Waals surface area contributed by atoms with Gasteiger partial charge in [-0.05, 0) is 62.2 Å². The number of carbonyl (C=O) groups excluding carboxylic acids is 2. The maximum absolute atomic E-state index is 13.1. The number of nitrogens with one attached hydrogen (secondary N) is 1. The molecule has 2 fully saturated rings. The Morgan fingerprint density at radius 1 is 1.00 bits per heavy atom. The summed E-state index contributed by atoms with van der Waals surface area (Å²) in [6.45, 7) is 4.24. The molecule has 0 atom stereocenters. The summed E-state index contributed by atoms with van der Waals surface area (Å²) in [6, 6.07) is 11.4. The molecule has 2 heterocycles. The number of morpholine rings is 1. The largest absolute Gasteiger partial charge is 0.484 e. The van der Waals surface area contributed by atoms with Crippen molar-refractivity contribution in [2.24, 2.45) is 0 Å². The Labute approximate surface area is 199 Å². The van der Waals surface area contributed by atoms with Crippen LogP contribution in [-0.4, -0.2) is 70.4 Å². The number of ketones is 1. The van der Waals surface area contributed by atoms with Crippen LogP contribution in [0.1, 0.15) is 30.1 Å². The molecule has 2 aromatic carbocycles. The van der Waals surface area contributed by atoms with Gasteiger partial charge in [-0.1, -0.05) is 0 Å². The van der Waals surface area contributed by atoms with Gasteiger partial charge < -0.3 is 19.7 Å². The number of benzene rings is 2. The van der Waals surface area contributed by atoms with E-state index < -0.39 is 15.9 Å². The van der Waals surface area contributed by atoms with Crippen LogP contribution >= 0.6 is 0 Å². The Morgan fingerprint density at radius 2 is 1.68 bits per heavy atom. The van der Waals surface area contributed by atoms with Gasteiger partial charge in [0, 0.05) is 31.7 Å². The predicted octanol–water partition coefficient (Wildman–Crippen LogP) is 2.53. The zero-order valence-electron chi connectivity index (χ0n) is 19.2. The molecule has 0 saturated carbocycles. The van der Waals surface area contributed by atoms with Crippen LogP contribution in [0, 0.1) is 0 Å². The number of anilines is 2. The Kier molecular flexibility index (Phi) is 7.50. The fourth-order valence-corrected chi connectivity index (χ4v) is 5.50. The van der Waals surface area contributed by atoms with E-state index in [2.05, 4.69) is 10.2 Å². The molecule has 2 saturated heterocycles. The van der Waals surface area contributed by atoms with E-state index >= 15 is 0 Å². The number of ether oxygens (including phenoxy) is 2. The SMILES string of the molecule is CC(=O)c1ccc(OCC(=O)Nc2cc(S(=O)(=O)N3CCOCC3)ccc2N2CCCC2)cc1. The van der Waals surface area contributed by atoms with Crippen molar-refractivity contribution in [3.8, 4) is 5.75 Å². The maximum atomic E-state index is 13.1. The monoisotopic (exact) mass is 487 g/mol. The van der Waals surface area contributed by atoms with Gasteiger partial charge in [-0.2, -0.15) is 4.31 Å². The van der Waals surface area contributed by atoms with E-state index in [9.17, 15) is 18.0 Å². The first kappa shape index (κ1) is 24.2. The van der Waals surface area contributed by atoms with Crippen LogP contribution in [-0.2, 0) is 19.6 Å². The van der Waals surface area contributed by atoms with E-state index in [0.717, 1.165) is 31.6 Å². The summed E-state index contributed by atoms with van der Waals surface area (Å²) in [6.07, 6.45) is 2.08.